The van der Waals surface area contributed by atoms with Crippen LogP contribution >= 0.6 is 0 Å². The number of carbonyl (C=O) groups is 1. The van der Waals surface area contributed by atoms with Gasteiger partial charge in [0.2, 0.25) is 0 Å². The van der Waals surface area contributed by atoms with Crippen LogP contribution < -0.4 is 10.1 Å². The van der Waals surface area contributed by atoms with Crippen molar-refractivity contribution < 1.29 is 14.3 Å². The average Bonchev–Trinajstić information content (AvgIpc) is 2.50. The molecule has 0 radical (unpaired) electrons. The minimum absolute atomic E-state index is 0.0344. The number of nitrogens with one attached hydrogen (secondary N) is 1. The normalized spacial score (nSPS) is 24.0. The lowest BCUT2D eigenvalue weighted by Crippen LogP contribution is -2.47. The Bertz CT molecular complexity index is 574. The molecule has 1 saturated carbocycles. The van der Waals surface area contributed by atoms with Gasteiger partial charge in [0.25, 0.3) is 5.91 Å². The number of hydrogen-bond acceptors (Lipinski definition) is 3. The summed E-state index contributed by atoms with van der Waals surface area (Å²) < 4.78 is 11.6. The summed E-state index contributed by atoms with van der Waals surface area (Å²) in [5.41, 5.74) is 2.16. The summed E-state index contributed by atoms with van der Waals surface area (Å²) >= 11 is 0. The van der Waals surface area contributed by atoms with Gasteiger partial charge in [0.15, 0.2) is 0 Å². The van der Waals surface area contributed by atoms with E-state index in [9.17, 15) is 4.79 Å². The molecule has 0 bridgehead atoms. The van der Waals surface area contributed by atoms with Crippen LogP contribution in [0.1, 0.15) is 57.6 Å². The lowest BCUT2D eigenvalue weighted by molar-refractivity contribution is -0.143. The number of aryl methyl sites for hydroxylation is 2. The van der Waals surface area contributed by atoms with Crippen LogP contribution in [0.3, 0.4) is 0 Å². The first-order valence-electron chi connectivity index (χ1n) is 8.92. The lowest BCUT2D eigenvalue weighted by atomic mass is 9.78. The van der Waals surface area contributed by atoms with Crippen molar-refractivity contribution >= 4 is 11.6 Å². The van der Waals surface area contributed by atoms with E-state index >= 15 is 0 Å². The van der Waals surface area contributed by atoms with E-state index in [0.717, 1.165) is 48.2 Å². The number of benzene rings is 1. The molecular formula is C20H31NO3. The van der Waals surface area contributed by atoms with E-state index in [1.165, 1.54) is 0 Å². The lowest BCUT2D eigenvalue weighted by Gasteiger charge is -2.37. The maximum Gasteiger partial charge on any atom is 0.256 e. The van der Waals surface area contributed by atoms with Crippen LogP contribution in [0.5, 0.6) is 5.75 Å². The predicted molar refractivity (Wildman–Crippen MR) is 97.7 cm³/mol. The Morgan fingerprint density at radius 1 is 1.29 bits per heavy atom. The molecule has 1 aliphatic carbocycles. The van der Waals surface area contributed by atoms with Crippen LogP contribution in [0.15, 0.2) is 12.1 Å². The fourth-order valence-corrected chi connectivity index (χ4v) is 3.68. The quantitative estimate of drug-likeness (QED) is 0.855. The van der Waals surface area contributed by atoms with Gasteiger partial charge < -0.3 is 14.8 Å². The van der Waals surface area contributed by atoms with E-state index in [4.69, 9.17) is 9.47 Å². The van der Waals surface area contributed by atoms with Gasteiger partial charge in [-0.3, -0.25) is 4.79 Å². The second-order valence-corrected chi connectivity index (χ2v) is 7.46. The molecule has 1 aromatic carbocycles. The van der Waals surface area contributed by atoms with E-state index in [2.05, 4.69) is 12.2 Å². The Balaban J connectivity index is 2.19. The number of ether oxygens (including phenoxy) is 2. The predicted octanol–water partition coefficient (Wildman–Crippen LogP) is 4.62. The SMILES string of the molecule is CO[C@]1(C(=O)Nc2cc(C)c(OC(C)C)c(C)c2)CCC[C@H](C)C1. The first-order chi connectivity index (χ1) is 11.3. The zero-order chi connectivity index (χ0) is 17.9. The third-order valence-corrected chi connectivity index (χ3v) is 4.83. The Morgan fingerprint density at radius 2 is 1.92 bits per heavy atom. The van der Waals surface area contributed by atoms with E-state index in [1.807, 2.05) is 39.8 Å². The van der Waals surface area contributed by atoms with Crippen molar-refractivity contribution in [2.75, 3.05) is 12.4 Å². The Kier molecular flexibility index (Phi) is 5.92. The zero-order valence-electron chi connectivity index (χ0n) is 15.9. The molecule has 1 aliphatic rings. The van der Waals surface area contributed by atoms with Gasteiger partial charge in [-0.2, -0.15) is 0 Å². The Hall–Kier alpha value is -1.55. The second kappa shape index (κ2) is 7.56. The molecule has 4 heteroatoms. The van der Waals surface area contributed by atoms with Gasteiger partial charge in [-0.1, -0.05) is 13.3 Å². The molecule has 1 amide bonds. The van der Waals surface area contributed by atoms with Crippen LogP contribution in [-0.2, 0) is 9.53 Å². The molecule has 1 N–H and O–H groups in total. The minimum Gasteiger partial charge on any atom is -0.490 e. The molecule has 2 atom stereocenters. The van der Waals surface area contributed by atoms with Gasteiger partial charge in [0, 0.05) is 12.8 Å². The van der Waals surface area contributed by atoms with Crippen LogP contribution in [0.2, 0.25) is 0 Å². The molecule has 1 aromatic rings. The van der Waals surface area contributed by atoms with Gasteiger partial charge in [0.05, 0.1) is 6.10 Å². The smallest absolute Gasteiger partial charge is 0.256 e. The molecule has 0 aliphatic heterocycles. The number of carbonyl (C=O) groups excluding carboxylic acids is 1. The van der Waals surface area contributed by atoms with Gasteiger partial charge >= 0.3 is 0 Å². The molecule has 0 saturated heterocycles. The highest BCUT2D eigenvalue weighted by molar-refractivity contribution is 5.97. The Labute approximate surface area is 145 Å². The van der Waals surface area contributed by atoms with E-state index < -0.39 is 5.60 Å². The maximum absolute atomic E-state index is 12.9. The largest absolute Gasteiger partial charge is 0.490 e. The molecule has 0 aromatic heterocycles. The molecule has 4 nitrogen and oxygen atoms in total. The van der Waals surface area contributed by atoms with Crippen molar-refractivity contribution in [1.29, 1.82) is 0 Å². The molecule has 0 spiro atoms. The van der Waals surface area contributed by atoms with Gasteiger partial charge in [0.1, 0.15) is 11.4 Å². The van der Waals surface area contributed by atoms with Crippen molar-refractivity contribution in [3.05, 3.63) is 23.3 Å². The highest BCUT2D eigenvalue weighted by Crippen LogP contribution is 2.36. The number of methoxy groups -OCH3 is 1. The van der Waals surface area contributed by atoms with Gasteiger partial charge in [-0.15, -0.1) is 0 Å². The minimum atomic E-state index is -0.702. The Morgan fingerprint density at radius 3 is 2.42 bits per heavy atom. The van der Waals surface area contributed by atoms with E-state index in [-0.39, 0.29) is 12.0 Å². The van der Waals surface area contributed by atoms with E-state index in [0.29, 0.717) is 5.92 Å². The summed E-state index contributed by atoms with van der Waals surface area (Å²) in [5.74, 6) is 1.37. The summed E-state index contributed by atoms with van der Waals surface area (Å²) in [4.78, 5) is 12.9. The van der Waals surface area contributed by atoms with Crippen LogP contribution in [0, 0.1) is 19.8 Å². The van der Waals surface area contributed by atoms with Crippen molar-refractivity contribution in [3.63, 3.8) is 0 Å². The molecular weight excluding hydrogens is 302 g/mol. The summed E-state index contributed by atoms with van der Waals surface area (Å²) in [5, 5.41) is 3.07. The maximum atomic E-state index is 12.9. The zero-order valence-corrected chi connectivity index (χ0v) is 15.9. The number of hydrogen-bond donors (Lipinski definition) is 1. The van der Waals surface area contributed by atoms with Crippen molar-refractivity contribution in [2.45, 2.75) is 72.0 Å². The molecule has 0 heterocycles. The molecule has 0 unspecified atom stereocenters. The fraction of sp³-hybridized carbons (Fsp3) is 0.650. The number of anilines is 1. The first kappa shape index (κ1) is 18.8. The van der Waals surface area contributed by atoms with Crippen molar-refractivity contribution in [3.8, 4) is 5.75 Å². The standard InChI is InChI=1S/C20H31NO3/c1-13(2)24-18-15(4)10-17(11-16(18)5)21-19(22)20(23-6)9-7-8-14(3)12-20/h10-11,13-14H,7-9,12H2,1-6H3,(H,21,22)/t14-,20+/m0/s1. The van der Waals surface area contributed by atoms with Gasteiger partial charge in [-0.25, -0.2) is 0 Å². The van der Waals surface area contributed by atoms with Crippen molar-refractivity contribution in [2.24, 2.45) is 5.92 Å². The molecule has 1 fully saturated rings. The second-order valence-electron chi connectivity index (χ2n) is 7.46. The molecule has 134 valence electrons. The van der Waals surface area contributed by atoms with Crippen molar-refractivity contribution in [1.82, 2.24) is 0 Å². The third-order valence-electron chi connectivity index (χ3n) is 4.83. The highest BCUT2D eigenvalue weighted by Gasteiger charge is 2.42. The van der Waals surface area contributed by atoms with E-state index in [1.54, 1.807) is 7.11 Å². The van der Waals surface area contributed by atoms with Crippen LogP contribution in [-0.4, -0.2) is 24.7 Å². The first-order valence-corrected chi connectivity index (χ1v) is 8.92. The third kappa shape index (κ3) is 4.10. The summed E-state index contributed by atoms with van der Waals surface area (Å²) in [6.07, 6.45) is 3.89. The summed E-state index contributed by atoms with van der Waals surface area (Å²) in [6.45, 7) is 10.2. The monoisotopic (exact) mass is 333 g/mol. The molecule has 2 rings (SSSR count). The van der Waals surface area contributed by atoms with Gasteiger partial charge in [-0.05, 0) is 76.1 Å². The topological polar surface area (TPSA) is 47.6 Å². The molecule has 24 heavy (non-hydrogen) atoms. The summed E-state index contributed by atoms with van der Waals surface area (Å²) in [7, 11) is 1.65. The fourth-order valence-electron chi connectivity index (χ4n) is 3.68. The van der Waals surface area contributed by atoms with Crippen LogP contribution in [0.4, 0.5) is 5.69 Å². The number of rotatable bonds is 5. The average molecular weight is 333 g/mol. The highest BCUT2D eigenvalue weighted by atomic mass is 16.5. The van der Waals surface area contributed by atoms with Crippen LogP contribution in [0.25, 0.3) is 0 Å². The summed E-state index contributed by atoms with van der Waals surface area (Å²) in [6, 6.07) is 3.94. The number of amides is 1.